The molecule has 21 heavy (non-hydrogen) atoms. The van der Waals surface area contributed by atoms with Crippen LogP contribution in [0.25, 0.3) is 0 Å². The molecule has 0 saturated carbocycles. The third-order valence-corrected chi connectivity index (χ3v) is 1.96. The van der Waals surface area contributed by atoms with Crippen LogP contribution in [0.15, 0.2) is 24.3 Å². The van der Waals surface area contributed by atoms with Gasteiger partial charge in [-0.1, -0.05) is 6.07 Å². The van der Waals surface area contributed by atoms with Gasteiger partial charge >= 0.3 is 24.6 Å². The second-order valence-corrected chi connectivity index (χ2v) is 3.60. The third kappa shape index (κ3) is 5.17. The van der Waals surface area contributed by atoms with E-state index in [4.69, 9.17) is 0 Å². The van der Waals surface area contributed by atoms with Gasteiger partial charge in [-0.3, -0.25) is 4.79 Å². The molecule has 11 heteroatoms. The molecule has 1 aromatic rings. The lowest BCUT2D eigenvalue weighted by molar-refractivity contribution is -0.409. The smallest absolute Gasteiger partial charge is 0.319 e. The molecule has 0 atom stereocenters. The number of carbonyl (C=O) groups is 1. The minimum atomic E-state index is -5.80. The molecule has 0 aliphatic heterocycles. The lowest BCUT2D eigenvalue weighted by Gasteiger charge is -2.18. The molecule has 0 radical (unpaired) electrons. The normalized spacial score (nSPS) is 13.1. The van der Waals surface area contributed by atoms with Crippen LogP contribution in [-0.4, -0.2) is 18.4 Å². The number of hydrogen-bond acceptors (Lipinski definition) is 2. The molecule has 0 heterocycles. The van der Waals surface area contributed by atoms with E-state index in [1.165, 1.54) is 5.32 Å². The van der Waals surface area contributed by atoms with Crippen LogP contribution in [0.3, 0.4) is 0 Å². The number of carbonyl (C=O) groups excluding carboxylic acids is 1. The summed E-state index contributed by atoms with van der Waals surface area (Å²) < 4.78 is 99.7. The van der Waals surface area contributed by atoms with Gasteiger partial charge in [0.05, 0.1) is 5.56 Å². The molecule has 0 unspecified atom stereocenters. The summed E-state index contributed by atoms with van der Waals surface area (Å²) in [4.78, 5) is 10.9. The number of rotatable bonds is 3. The Morgan fingerprint density at radius 2 is 1.57 bits per heavy atom. The van der Waals surface area contributed by atoms with Gasteiger partial charge in [-0.2, -0.15) is 22.0 Å². The van der Waals surface area contributed by atoms with Crippen molar-refractivity contribution in [1.29, 1.82) is 0 Å². The summed E-state index contributed by atoms with van der Waals surface area (Å²) in [5.41, 5.74) is -2.04. The van der Waals surface area contributed by atoms with Crippen LogP contribution in [0, 0.1) is 0 Å². The molecular formula is C10H5F8NO2. The molecule has 1 rings (SSSR count). The zero-order valence-corrected chi connectivity index (χ0v) is 9.65. The Hall–Kier alpha value is -1.91. The molecule has 0 aliphatic rings. The van der Waals surface area contributed by atoms with Gasteiger partial charge < -0.3 is 5.32 Å². The van der Waals surface area contributed by atoms with E-state index in [1.807, 2.05) is 0 Å². The fourth-order valence-corrected chi connectivity index (χ4v) is 1.17. The lowest BCUT2D eigenvalue weighted by Crippen LogP contribution is -2.41. The molecule has 3 nitrogen and oxygen atoms in total. The van der Waals surface area contributed by atoms with Gasteiger partial charge in [0.2, 0.25) is 0 Å². The van der Waals surface area contributed by atoms with E-state index in [0.29, 0.717) is 6.07 Å². The average molecular weight is 323 g/mol. The van der Waals surface area contributed by atoms with Crippen molar-refractivity contribution < 1.29 is 44.7 Å². The van der Waals surface area contributed by atoms with Gasteiger partial charge in [0.15, 0.2) is 0 Å². The van der Waals surface area contributed by atoms with Gasteiger partial charge in [-0.05, 0) is 18.2 Å². The standard InChI is InChI=1S/C10H5F8NO2/c11-8(12,13)5-2-1-3-6(4-5)19-7(20)9(14,15)21-10(16,17)18/h1-4H,(H,19,20). The second-order valence-electron chi connectivity index (χ2n) is 3.60. The highest BCUT2D eigenvalue weighted by Crippen LogP contribution is 2.32. The number of halogens is 8. The average Bonchev–Trinajstić information content (AvgIpc) is 2.24. The first kappa shape index (κ1) is 17.1. The summed E-state index contributed by atoms with van der Waals surface area (Å²) in [7, 11) is 0. The van der Waals surface area contributed by atoms with E-state index >= 15 is 0 Å². The van der Waals surface area contributed by atoms with Gasteiger partial charge in [0.1, 0.15) is 0 Å². The van der Waals surface area contributed by atoms with Crippen molar-refractivity contribution in [3.8, 4) is 0 Å². The molecule has 1 amide bonds. The van der Waals surface area contributed by atoms with Crippen molar-refractivity contribution in [3.63, 3.8) is 0 Å². The molecule has 0 aromatic heterocycles. The van der Waals surface area contributed by atoms with Crippen LogP contribution in [0.2, 0.25) is 0 Å². The fourth-order valence-electron chi connectivity index (χ4n) is 1.17. The first-order valence-electron chi connectivity index (χ1n) is 4.95. The number of nitrogens with one attached hydrogen (secondary N) is 1. The quantitative estimate of drug-likeness (QED) is 0.860. The van der Waals surface area contributed by atoms with Crippen molar-refractivity contribution in [3.05, 3.63) is 29.8 Å². The molecule has 0 saturated heterocycles. The highest BCUT2D eigenvalue weighted by atomic mass is 19.4. The largest absolute Gasteiger partial charge is 0.527 e. The lowest BCUT2D eigenvalue weighted by atomic mass is 10.2. The molecule has 0 aliphatic carbocycles. The van der Waals surface area contributed by atoms with E-state index in [2.05, 4.69) is 4.74 Å². The van der Waals surface area contributed by atoms with Crippen LogP contribution in [0.1, 0.15) is 5.56 Å². The van der Waals surface area contributed by atoms with E-state index in [0.717, 1.165) is 12.1 Å². The Labute approximate surface area is 111 Å². The second kappa shape index (κ2) is 5.47. The van der Waals surface area contributed by atoms with Crippen LogP contribution < -0.4 is 5.32 Å². The number of benzene rings is 1. The van der Waals surface area contributed by atoms with E-state index < -0.39 is 35.8 Å². The number of amides is 1. The predicted molar refractivity (Wildman–Crippen MR) is 52.2 cm³/mol. The zero-order chi connectivity index (χ0) is 16.5. The molecular weight excluding hydrogens is 318 g/mol. The summed E-state index contributed by atoms with van der Waals surface area (Å²) >= 11 is 0. The SMILES string of the molecule is O=C(Nc1cccc(C(F)(F)F)c1)C(F)(F)OC(F)(F)F. The highest BCUT2D eigenvalue weighted by molar-refractivity contribution is 5.95. The van der Waals surface area contributed by atoms with Crippen molar-refractivity contribution in [2.24, 2.45) is 0 Å². The van der Waals surface area contributed by atoms with Crippen LogP contribution in [0.5, 0.6) is 0 Å². The van der Waals surface area contributed by atoms with Crippen molar-refractivity contribution in [2.75, 3.05) is 5.32 Å². The molecule has 118 valence electrons. The summed E-state index contributed by atoms with van der Waals surface area (Å²) in [6, 6.07) is 2.43. The Morgan fingerprint density at radius 1 is 1.00 bits per heavy atom. The van der Waals surface area contributed by atoms with Gasteiger partial charge in [0, 0.05) is 5.69 Å². The topological polar surface area (TPSA) is 38.3 Å². The Bertz CT molecular complexity index is 523. The Balaban J connectivity index is 2.89. The Morgan fingerprint density at radius 3 is 2.05 bits per heavy atom. The summed E-state index contributed by atoms with van der Waals surface area (Å²) in [6.45, 7) is 0. The van der Waals surface area contributed by atoms with Crippen LogP contribution >= 0.6 is 0 Å². The number of ether oxygens (including phenoxy) is 1. The van der Waals surface area contributed by atoms with Crippen molar-refractivity contribution >= 4 is 11.6 Å². The molecule has 0 spiro atoms. The molecule has 0 fully saturated rings. The number of anilines is 1. The summed E-state index contributed by atoms with van der Waals surface area (Å²) in [5.74, 6) is -2.56. The highest BCUT2D eigenvalue weighted by Gasteiger charge is 2.51. The third-order valence-electron chi connectivity index (χ3n) is 1.96. The van der Waals surface area contributed by atoms with Gasteiger partial charge in [-0.25, -0.2) is 4.74 Å². The number of alkyl halides is 8. The van der Waals surface area contributed by atoms with Crippen molar-refractivity contribution in [2.45, 2.75) is 18.6 Å². The van der Waals surface area contributed by atoms with Crippen molar-refractivity contribution in [1.82, 2.24) is 0 Å². The van der Waals surface area contributed by atoms with E-state index in [1.54, 1.807) is 0 Å². The predicted octanol–water partition coefficient (Wildman–Crippen LogP) is 3.77. The minimum absolute atomic E-state index is 0.279. The summed E-state index contributed by atoms with van der Waals surface area (Å²) in [5, 5.41) is 1.20. The number of hydrogen-bond donors (Lipinski definition) is 1. The molecule has 1 N–H and O–H groups in total. The summed E-state index contributed by atoms with van der Waals surface area (Å²) in [6.07, 6.45) is -15.9. The first-order chi connectivity index (χ1) is 9.31. The molecule has 0 bridgehead atoms. The van der Waals surface area contributed by atoms with E-state index in [-0.39, 0.29) is 6.07 Å². The van der Waals surface area contributed by atoms with Gasteiger partial charge in [0.25, 0.3) is 0 Å². The Kier molecular flexibility index (Phi) is 4.46. The van der Waals surface area contributed by atoms with E-state index in [9.17, 15) is 39.9 Å². The zero-order valence-electron chi connectivity index (χ0n) is 9.65. The fraction of sp³-hybridized carbons (Fsp3) is 0.300. The van der Waals surface area contributed by atoms with Gasteiger partial charge in [-0.15, -0.1) is 13.2 Å². The first-order valence-corrected chi connectivity index (χ1v) is 4.95. The van der Waals surface area contributed by atoms with Crippen LogP contribution in [0.4, 0.5) is 40.8 Å². The monoisotopic (exact) mass is 323 g/mol. The van der Waals surface area contributed by atoms with Crippen LogP contribution in [-0.2, 0) is 15.7 Å². The maximum Gasteiger partial charge on any atom is 0.527 e. The minimum Gasteiger partial charge on any atom is -0.319 e. The maximum absolute atomic E-state index is 12.8. The molecule has 1 aromatic carbocycles. The maximum atomic E-state index is 12.8.